The fraction of sp³-hybridized carbons (Fsp3) is 0.833. The van der Waals surface area contributed by atoms with Gasteiger partial charge in [-0.1, -0.05) is 0 Å². The molecule has 5 heteroatoms. The maximum absolute atomic E-state index is 11.6. The van der Waals surface area contributed by atoms with Crippen molar-refractivity contribution in [3.8, 4) is 0 Å². The number of aldehydes is 1. The fourth-order valence-corrected chi connectivity index (χ4v) is 2.52. The minimum Gasteiger partial charge on any atom is -0.444 e. The lowest BCUT2D eigenvalue weighted by Crippen LogP contribution is -2.48. The number of nitrogens with one attached hydrogen (secondary N) is 1. The zero-order chi connectivity index (χ0) is 12.6. The molecule has 1 amide bonds. The Balaban J connectivity index is 1.94. The van der Waals surface area contributed by atoms with Gasteiger partial charge in [0.05, 0.1) is 24.2 Å². The Bertz CT molecular complexity index is 323. The summed E-state index contributed by atoms with van der Waals surface area (Å²) in [7, 11) is 0. The van der Waals surface area contributed by atoms with Gasteiger partial charge >= 0.3 is 6.09 Å². The maximum atomic E-state index is 11.6. The molecule has 2 heterocycles. The molecular weight excluding hydrogens is 222 g/mol. The van der Waals surface area contributed by atoms with Crippen LogP contribution < -0.4 is 5.32 Å². The summed E-state index contributed by atoms with van der Waals surface area (Å²) in [6, 6.07) is -0.235. The summed E-state index contributed by atoms with van der Waals surface area (Å²) in [4.78, 5) is 22.6. The second-order valence-electron chi connectivity index (χ2n) is 5.68. The molecule has 96 valence electrons. The summed E-state index contributed by atoms with van der Waals surface area (Å²) < 4.78 is 10.8. The third-order valence-corrected chi connectivity index (χ3v) is 3.17. The molecule has 5 nitrogen and oxygen atoms in total. The van der Waals surface area contributed by atoms with Gasteiger partial charge < -0.3 is 19.6 Å². The Hall–Kier alpha value is -1.10. The molecule has 0 aliphatic carbocycles. The third-order valence-electron chi connectivity index (χ3n) is 3.17. The highest BCUT2D eigenvalue weighted by Crippen LogP contribution is 2.38. The number of alkyl carbamates (subject to hydrolysis) is 1. The van der Waals surface area contributed by atoms with Gasteiger partial charge in [-0.25, -0.2) is 4.79 Å². The van der Waals surface area contributed by atoms with Gasteiger partial charge in [-0.15, -0.1) is 0 Å². The molecule has 0 aromatic heterocycles. The Morgan fingerprint density at radius 2 is 2.00 bits per heavy atom. The van der Waals surface area contributed by atoms with Crippen LogP contribution in [0, 0.1) is 5.92 Å². The zero-order valence-corrected chi connectivity index (χ0v) is 10.4. The Morgan fingerprint density at radius 1 is 1.35 bits per heavy atom. The van der Waals surface area contributed by atoms with E-state index in [-0.39, 0.29) is 24.2 Å². The number of carbonyl (C=O) groups is 2. The summed E-state index contributed by atoms with van der Waals surface area (Å²) in [5.41, 5.74) is -0.529. The van der Waals surface area contributed by atoms with Gasteiger partial charge in [0.2, 0.25) is 0 Å². The first-order valence-corrected chi connectivity index (χ1v) is 6.01. The second-order valence-corrected chi connectivity index (χ2v) is 5.68. The van der Waals surface area contributed by atoms with Gasteiger partial charge in [-0.3, -0.25) is 0 Å². The van der Waals surface area contributed by atoms with E-state index >= 15 is 0 Å². The highest BCUT2D eigenvalue weighted by Gasteiger charge is 2.49. The molecule has 4 atom stereocenters. The van der Waals surface area contributed by atoms with Crippen molar-refractivity contribution < 1.29 is 19.1 Å². The van der Waals surface area contributed by atoms with E-state index in [0.29, 0.717) is 0 Å². The molecule has 17 heavy (non-hydrogen) atoms. The maximum Gasteiger partial charge on any atom is 0.407 e. The highest BCUT2D eigenvalue weighted by molar-refractivity contribution is 5.70. The molecule has 1 N–H and O–H groups in total. The first-order valence-electron chi connectivity index (χ1n) is 6.01. The summed E-state index contributed by atoms with van der Waals surface area (Å²) in [6.45, 7) is 5.42. The number of fused-ring (bicyclic) bond motifs is 2. The van der Waals surface area contributed by atoms with Crippen LogP contribution in [0.4, 0.5) is 4.79 Å². The number of hydrogen-bond donors (Lipinski definition) is 1. The highest BCUT2D eigenvalue weighted by atomic mass is 16.6. The summed E-state index contributed by atoms with van der Waals surface area (Å²) in [5, 5.41) is 2.75. The molecule has 0 saturated carbocycles. The molecule has 2 aliphatic heterocycles. The van der Waals surface area contributed by atoms with Gasteiger partial charge in [0.15, 0.2) is 0 Å². The van der Waals surface area contributed by atoms with Crippen LogP contribution in [-0.4, -0.2) is 36.2 Å². The van der Waals surface area contributed by atoms with E-state index in [0.717, 1.165) is 19.1 Å². The van der Waals surface area contributed by atoms with Crippen molar-refractivity contribution in [2.24, 2.45) is 5.92 Å². The van der Waals surface area contributed by atoms with Crippen molar-refractivity contribution in [3.63, 3.8) is 0 Å². The largest absolute Gasteiger partial charge is 0.444 e. The van der Waals surface area contributed by atoms with Crippen LogP contribution in [0.5, 0.6) is 0 Å². The Morgan fingerprint density at radius 3 is 2.59 bits per heavy atom. The minimum absolute atomic E-state index is 0.0302. The molecule has 0 radical (unpaired) electrons. The molecule has 2 rings (SSSR count). The van der Waals surface area contributed by atoms with Crippen molar-refractivity contribution in [1.82, 2.24) is 5.32 Å². The molecule has 0 aromatic carbocycles. The zero-order valence-electron chi connectivity index (χ0n) is 10.4. The van der Waals surface area contributed by atoms with E-state index in [4.69, 9.17) is 9.47 Å². The number of rotatable bonds is 2. The van der Waals surface area contributed by atoms with Crippen LogP contribution in [0.3, 0.4) is 0 Å². The lowest BCUT2D eigenvalue weighted by Gasteiger charge is -2.27. The lowest BCUT2D eigenvalue weighted by atomic mass is 9.85. The van der Waals surface area contributed by atoms with E-state index in [1.807, 2.05) is 0 Å². The van der Waals surface area contributed by atoms with Gasteiger partial charge in [-0.2, -0.15) is 0 Å². The Kier molecular flexibility index (Phi) is 3.12. The van der Waals surface area contributed by atoms with Crippen LogP contribution in [0.1, 0.15) is 33.6 Å². The smallest absolute Gasteiger partial charge is 0.407 e. The van der Waals surface area contributed by atoms with E-state index in [2.05, 4.69) is 5.32 Å². The van der Waals surface area contributed by atoms with Gasteiger partial charge in [0, 0.05) is 0 Å². The molecule has 2 bridgehead atoms. The molecule has 2 aliphatic rings. The summed E-state index contributed by atoms with van der Waals surface area (Å²) >= 11 is 0. The van der Waals surface area contributed by atoms with Crippen molar-refractivity contribution in [2.75, 3.05) is 0 Å². The molecule has 2 saturated heterocycles. The molecule has 0 aromatic rings. The number of hydrogen-bond acceptors (Lipinski definition) is 4. The summed E-state index contributed by atoms with van der Waals surface area (Å²) in [6.07, 6.45) is 2.13. The van der Waals surface area contributed by atoms with Crippen LogP contribution in [0.2, 0.25) is 0 Å². The Labute approximate surface area is 101 Å². The predicted molar refractivity (Wildman–Crippen MR) is 60.6 cm³/mol. The molecule has 0 spiro atoms. The quantitative estimate of drug-likeness (QED) is 0.739. The standard InChI is InChI=1S/C12H19NO4/c1-12(2,3)17-11(15)13-10-7(6-14)8-4-5-9(10)16-8/h6-10H,4-5H2,1-3H3,(H,13,15). The lowest BCUT2D eigenvalue weighted by molar-refractivity contribution is -0.112. The minimum atomic E-state index is -0.529. The first-order chi connectivity index (χ1) is 7.90. The first kappa shape index (κ1) is 12.4. The van der Waals surface area contributed by atoms with Crippen LogP contribution in [0.15, 0.2) is 0 Å². The van der Waals surface area contributed by atoms with Crippen molar-refractivity contribution in [3.05, 3.63) is 0 Å². The molecule has 2 fully saturated rings. The summed E-state index contributed by atoms with van der Waals surface area (Å²) in [5.74, 6) is -0.235. The predicted octanol–water partition coefficient (Wildman–Crippen LogP) is 1.26. The number of ether oxygens (including phenoxy) is 2. The van der Waals surface area contributed by atoms with Crippen molar-refractivity contribution in [1.29, 1.82) is 0 Å². The van der Waals surface area contributed by atoms with E-state index in [9.17, 15) is 9.59 Å². The second kappa shape index (κ2) is 4.29. The SMILES string of the molecule is CC(C)(C)OC(=O)NC1C2CCC(O2)C1C=O. The average Bonchev–Trinajstić information content (AvgIpc) is 2.74. The van der Waals surface area contributed by atoms with Gasteiger partial charge in [-0.05, 0) is 33.6 Å². The van der Waals surface area contributed by atoms with E-state index in [1.54, 1.807) is 20.8 Å². The van der Waals surface area contributed by atoms with Gasteiger partial charge in [0.1, 0.15) is 11.9 Å². The number of amides is 1. The molecule has 4 unspecified atom stereocenters. The number of carbonyl (C=O) groups excluding carboxylic acids is 2. The van der Waals surface area contributed by atoms with E-state index in [1.165, 1.54) is 0 Å². The van der Waals surface area contributed by atoms with Crippen LogP contribution in [0.25, 0.3) is 0 Å². The monoisotopic (exact) mass is 241 g/mol. The fourth-order valence-electron chi connectivity index (χ4n) is 2.52. The van der Waals surface area contributed by atoms with E-state index < -0.39 is 11.7 Å². The average molecular weight is 241 g/mol. The topological polar surface area (TPSA) is 64.6 Å². The van der Waals surface area contributed by atoms with Crippen molar-refractivity contribution in [2.45, 2.75) is 57.5 Å². The van der Waals surface area contributed by atoms with Crippen LogP contribution in [-0.2, 0) is 14.3 Å². The van der Waals surface area contributed by atoms with Gasteiger partial charge in [0.25, 0.3) is 0 Å². The van der Waals surface area contributed by atoms with Crippen molar-refractivity contribution >= 4 is 12.4 Å². The third kappa shape index (κ3) is 2.60. The normalized spacial score (nSPS) is 35.7. The molecular formula is C12H19NO4. The van der Waals surface area contributed by atoms with Crippen LogP contribution >= 0.6 is 0 Å².